The van der Waals surface area contributed by atoms with Gasteiger partial charge in [0.2, 0.25) is 0 Å². The highest BCUT2D eigenvalue weighted by Crippen LogP contribution is 2.45. The summed E-state index contributed by atoms with van der Waals surface area (Å²) in [4.78, 5) is 84.3. The number of ether oxygens (including phenoxy) is 1. The molecule has 21 heteroatoms. The molecule has 0 spiro atoms. The molecule has 378 valence electrons. The third-order valence-electron chi connectivity index (χ3n) is 16.2. The largest absolute Gasteiger partial charge is 0.519 e. The molecule has 0 radical (unpaired) electrons. The Balaban J connectivity index is 0.895. The number of esters is 1. The van der Waals surface area contributed by atoms with Crippen LogP contribution in [0.4, 0.5) is 34.1 Å². The summed E-state index contributed by atoms with van der Waals surface area (Å²) in [5.74, 6) is -2.25. The van der Waals surface area contributed by atoms with Crippen LogP contribution >= 0.6 is 0 Å². The Labute approximate surface area is 410 Å². The Kier molecular flexibility index (Phi) is 11.4. The van der Waals surface area contributed by atoms with Crippen molar-refractivity contribution in [2.45, 2.75) is 116 Å². The number of Topliss-reactive ketones (excluding diaryl/α,β-unsaturated/α-hetero) is 1. The van der Waals surface area contributed by atoms with Crippen molar-refractivity contribution in [1.82, 2.24) is 23.8 Å². The summed E-state index contributed by atoms with van der Waals surface area (Å²) in [5.41, 5.74) is 5.66. The van der Waals surface area contributed by atoms with Crippen molar-refractivity contribution in [3.05, 3.63) is 97.6 Å². The Morgan fingerprint density at radius 1 is 0.931 bits per heavy atom. The van der Waals surface area contributed by atoms with Gasteiger partial charge in [0, 0.05) is 59.6 Å². The van der Waals surface area contributed by atoms with E-state index < -0.39 is 68.3 Å². The molecule has 3 aliphatic heterocycles. The van der Waals surface area contributed by atoms with Crippen molar-refractivity contribution < 1.29 is 61.7 Å². The van der Waals surface area contributed by atoms with Crippen LogP contribution in [-0.2, 0) is 47.3 Å². The molecule has 1 saturated heterocycles. The SMILES string of the molecule is CCc1c2c(nc3ccc([N+]4(C(=O)O)CC[N+](C(=O)O)(C5CCC(Nc6cc(-n7nc(C(F)(F)F)c8c7CC(C)(C)CC8=O)ccc6C(N)=O)CC5)CC4)cc13)-c1cc3c(c(=O)n1C2)COC(=O)[C@]3(O)CC. The van der Waals surface area contributed by atoms with Crippen LogP contribution in [0.2, 0.25) is 0 Å². The molecule has 3 amide bonds. The van der Waals surface area contributed by atoms with E-state index >= 15 is 0 Å². The van der Waals surface area contributed by atoms with Gasteiger partial charge in [0.15, 0.2) is 17.1 Å². The van der Waals surface area contributed by atoms with E-state index in [1.807, 2.05) is 6.92 Å². The van der Waals surface area contributed by atoms with Crippen LogP contribution in [0, 0.1) is 5.41 Å². The first-order valence-electron chi connectivity index (χ1n) is 24.2. The number of pyridine rings is 2. The van der Waals surface area contributed by atoms with Gasteiger partial charge in [0.1, 0.15) is 38.5 Å². The number of alkyl halides is 3. The number of fused-ring (bicyclic) bond motifs is 6. The van der Waals surface area contributed by atoms with Crippen LogP contribution in [0.5, 0.6) is 0 Å². The number of nitrogens with zero attached hydrogens (tertiary/aromatic N) is 6. The van der Waals surface area contributed by atoms with Crippen molar-refractivity contribution in [3.8, 4) is 17.1 Å². The van der Waals surface area contributed by atoms with E-state index in [0.717, 1.165) is 15.8 Å². The lowest BCUT2D eigenvalue weighted by atomic mass is 9.75. The van der Waals surface area contributed by atoms with Crippen molar-refractivity contribution in [3.63, 3.8) is 0 Å². The molecule has 1 atom stereocenters. The van der Waals surface area contributed by atoms with Crippen LogP contribution in [0.15, 0.2) is 47.3 Å². The number of rotatable bonds is 8. The third-order valence-corrected chi connectivity index (χ3v) is 16.2. The zero-order chi connectivity index (χ0) is 51.6. The molecule has 10 rings (SSSR count). The molecule has 6 N–H and O–H groups in total. The number of nitrogens with two attached hydrogens (primary N) is 1. The Morgan fingerprint density at radius 2 is 1.64 bits per heavy atom. The quantitative estimate of drug-likeness (QED) is 0.0761. The smallest absolute Gasteiger partial charge is 0.458 e. The van der Waals surface area contributed by atoms with E-state index in [4.69, 9.17) is 15.5 Å². The van der Waals surface area contributed by atoms with Gasteiger partial charge >= 0.3 is 24.3 Å². The molecule has 2 aliphatic carbocycles. The van der Waals surface area contributed by atoms with Gasteiger partial charge in [-0.15, -0.1) is 0 Å². The van der Waals surface area contributed by atoms with Crippen molar-refractivity contribution >= 4 is 52.1 Å². The van der Waals surface area contributed by atoms with E-state index in [9.17, 15) is 57.3 Å². The molecule has 72 heavy (non-hydrogen) atoms. The number of carboxylic acid groups (broad SMARTS) is 2. The Hall–Kier alpha value is -6.97. The molecule has 2 aromatic carbocycles. The minimum atomic E-state index is -4.89. The van der Waals surface area contributed by atoms with Crippen molar-refractivity contribution in [1.29, 1.82) is 0 Å². The molecule has 1 saturated carbocycles. The Morgan fingerprint density at radius 3 is 2.26 bits per heavy atom. The number of aryl methyl sites for hydroxylation is 1. The summed E-state index contributed by atoms with van der Waals surface area (Å²) in [6.45, 7) is 7.01. The minimum absolute atomic E-state index is 0.00188. The van der Waals surface area contributed by atoms with Crippen LogP contribution < -0.4 is 21.1 Å². The number of ketones is 1. The average molecular weight is 997 g/mol. The molecular weight excluding hydrogens is 942 g/mol. The number of hydrogen-bond donors (Lipinski definition) is 5. The number of primary amides is 1. The monoisotopic (exact) mass is 996 g/mol. The highest BCUT2D eigenvalue weighted by atomic mass is 19.4. The van der Waals surface area contributed by atoms with Gasteiger partial charge in [-0.25, -0.2) is 18.9 Å². The number of aromatic nitrogens is 4. The number of piperazine rings is 1. The van der Waals surface area contributed by atoms with E-state index in [1.165, 1.54) is 18.2 Å². The number of cyclic esters (lactones) is 1. The van der Waals surface area contributed by atoms with E-state index in [1.54, 1.807) is 49.6 Å². The molecule has 5 aromatic rings. The van der Waals surface area contributed by atoms with E-state index in [0.29, 0.717) is 60.1 Å². The van der Waals surface area contributed by atoms with Crippen molar-refractivity contribution in [2.75, 3.05) is 31.5 Å². The zero-order valence-corrected chi connectivity index (χ0v) is 40.2. The third kappa shape index (κ3) is 7.40. The number of carbonyl (C=O) groups is 5. The summed E-state index contributed by atoms with van der Waals surface area (Å²) in [5, 5.41) is 41.2. The number of quaternary nitrogens is 2. The van der Waals surface area contributed by atoms with Gasteiger partial charge in [-0.3, -0.25) is 14.4 Å². The topological polar surface area (TPSA) is 246 Å². The predicted molar refractivity (Wildman–Crippen MR) is 255 cm³/mol. The lowest BCUT2D eigenvalue weighted by Crippen LogP contribution is -2.73. The highest BCUT2D eigenvalue weighted by molar-refractivity contribution is 6.01. The summed E-state index contributed by atoms with van der Waals surface area (Å²) in [6.07, 6.45) is -4.79. The molecule has 0 unspecified atom stereocenters. The molecule has 0 bridgehead atoms. The van der Waals surface area contributed by atoms with Crippen molar-refractivity contribution in [2.24, 2.45) is 11.1 Å². The number of anilines is 1. The molecule has 5 aliphatic rings. The lowest BCUT2D eigenvalue weighted by molar-refractivity contribution is -0.887. The van der Waals surface area contributed by atoms with Crippen LogP contribution in [0.1, 0.15) is 121 Å². The Bertz CT molecular complexity index is 3250. The maximum absolute atomic E-state index is 14.3. The minimum Gasteiger partial charge on any atom is -0.458 e. The zero-order valence-electron chi connectivity index (χ0n) is 40.2. The average Bonchev–Trinajstić information content (AvgIpc) is 3.91. The summed E-state index contributed by atoms with van der Waals surface area (Å²) >= 11 is 0. The first-order chi connectivity index (χ1) is 34.0. The number of amides is 3. The normalized spacial score (nSPS) is 25.5. The predicted octanol–water partition coefficient (Wildman–Crippen LogP) is 7.02. The maximum atomic E-state index is 14.3. The van der Waals surface area contributed by atoms with Gasteiger partial charge in [0.05, 0.1) is 57.6 Å². The van der Waals surface area contributed by atoms with Gasteiger partial charge < -0.3 is 35.7 Å². The van der Waals surface area contributed by atoms with E-state index in [2.05, 4.69) is 10.4 Å². The summed E-state index contributed by atoms with van der Waals surface area (Å²) in [7, 11) is 0. The maximum Gasteiger partial charge on any atom is 0.519 e. The van der Waals surface area contributed by atoms with E-state index in [-0.39, 0.29) is 109 Å². The molecule has 2 fully saturated rings. The fraction of sp³-hybridized carbons (Fsp3) is 0.451. The number of nitrogens with one attached hydrogen (secondary N) is 1. The van der Waals surface area contributed by atoms with Crippen LogP contribution in [-0.4, -0.2) is 107 Å². The lowest BCUT2D eigenvalue weighted by Gasteiger charge is -2.48. The number of hydrogen-bond acceptors (Lipinski definition) is 11. The molecule has 3 aromatic heterocycles. The highest BCUT2D eigenvalue weighted by Gasteiger charge is 2.56. The number of aliphatic hydroxyl groups is 1. The molecular formula is C51H55F3N8O10+2. The molecule has 18 nitrogen and oxygen atoms in total. The second-order valence-electron chi connectivity index (χ2n) is 20.8. The van der Waals surface area contributed by atoms with Gasteiger partial charge in [-0.1, -0.05) is 27.7 Å². The fourth-order valence-corrected chi connectivity index (χ4v) is 12.3. The summed E-state index contributed by atoms with van der Waals surface area (Å²) < 4.78 is 49.8. The number of benzene rings is 2. The van der Waals surface area contributed by atoms with Crippen LogP contribution in [0.25, 0.3) is 28.0 Å². The van der Waals surface area contributed by atoms with Gasteiger partial charge in [-0.2, -0.15) is 32.3 Å². The second kappa shape index (κ2) is 16.8. The van der Waals surface area contributed by atoms with Crippen LogP contribution in [0.3, 0.4) is 0 Å². The number of carbonyl (C=O) groups excluding carboxylic acids is 3. The van der Waals surface area contributed by atoms with Gasteiger partial charge in [0.25, 0.3) is 11.5 Å². The number of halogens is 3. The first-order valence-corrected chi connectivity index (χ1v) is 24.2. The fourth-order valence-electron chi connectivity index (χ4n) is 12.3. The van der Waals surface area contributed by atoms with Gasteiger partial charge in [-0.05, 0) is 73.4 Å². The standard InChI is InChI=1S/C51H53F3N8O10/c1-5-30-32-20-29(12-14-36(32)57-42-33(30)24-59-38(42)21-35-34(45(59)65)25-72-46(66)50(35,71)6-2)62(48(69)70)17-15-61(16-18-62,47(67)68)28-10-7-26(8-11-28)56-37-19-27(9-13-31(37)44(55)64)60-39-22-49(3,4)23-40(63)41(39)43(58-60)51(52,53)54/h9,12-14,19-21,26,28,71H,5-8,10-11,15-18,22-25H2,1-4H3,(H3-2,55,56,64,67,68,69,70)/p+2/t26?,28?,50-,61?,62?/m0/s1. The first kappa shape index (κ1) is 48.6. The second-order valence-corrected chi connectivity index (χ2v) is 20.8. The molecule has 6 heterocycles. The summed E-state index contributed by atoms with van der Waals surface area (Å²) in [6, 6.07) is 10.5.